The Labute approximate surface area is 157 Å². The van der Waals surface area contributed by atoms with E-state index >= 15 is 0 Å². The van der Waals surface area contributed by atoms with Crippen molar-refractivity contribution in [3.05, 3.63) is 47.2 Å². The molecule has 136 valence electrons. The van der Waals surface area contributed by atoms with E-state index < -0.39 is 0 Å². The number of rotatable bonds is 6. The van der Waals surface area contributed by atoms with Crippen LogP contribution >= 0.6 is 11.6 Å². The highest BCUT2D eigenvalue weighted by atomic mass is 35.5. The molecule has 2 aromatic carbocycles. The Balaban J connectivity index is 1.97. The van der Waals surface area contributed by atoms with Crippen molar-refractivity contribution < 1.29 is 14.2 Å². The molecule has 0 atom stereocenters. The van der Waals surface area contributed by atoms with E-state index in [1.165, 1.54) is 6.33 Å². The van der Waals surface area contributed by atoms with Gasteiger partial charge in [-0.15, -0.1) is 0 Å². The summed E-state index contributed by atoms with van der Waals surface area (Å²) in [5.41, 5.74) is 1.81. The second kappa shape index (κ2) is 7.79. The molecule has 0 unspecified atom stereocenters. The fourth-order valence-electron chi connectivity index (χ4n) is 2.75. The van der Waals surface area contributed by atoms with Gasteiger partial charge in [-0.05, 0) is 36.1 Å². The molecule has 0 N–H and O–H groups in total. The predicted molar refractivity (Wildman–Crippen MR) is 103 cm³/mol. The zero-order valence-electron chi connectivity index (χ0n) is 15.2. The first-order valence-electron chi connectivity index (χ1n) is 8.34. The minimum absolute atomic E-state index is 0.434. The summed E-state index contributed by atoms with van der Waals surface area (Å²) in [7, 11) is 3.17. The summed E-state index contributed by atoms with van der Waals surface area (Å²) in [6.45, 7) is 4.32. The zero-order chi connectivity index (χ0) is 18.7. The van der Waals surface area contributed by atoms with E-state index in [9.17, 15) is 0 Å². The van der Waals surface area contributed by atoms with Crippen LogP contribution in [0.5, 0.6) is 23.1 Å². The van der Waals surface area contributed by atoms with Crippen molar-refractivity contribution in [1.82, 2.24) is 9.97 Å². The molecule has 0 aliphatic carbocycles. The summed E-state index contributed by atoms with van der Waals surface area (Å²) in [4.78, 5) is 8.54. The molecule has 5 nitrogen and oxygen atoms in total. The number of aromatic nitrogens is 2. The van der Waals surface area contributed by atoms with E-state index in [0.29, 0.717) is 39.6 Å². The largest absolute Gasteiger partial charge is 0.493 e. The summed E-state index contributed by atoms with van der Waals surface area (Å²) < 4.78 is 16.7. The second-order valence-electron chi connectivity index (χ2n) is 6.36. The molecular weight excluding hydrogens is 352 g/mol. The van der Waals surface area contributed by atoms with Gasteiger partial charge in [0.05, 0.1) is 25.1 Å². The lowest BCUT2D eigenvalue weighted by Crippen LogP contribution is -1.97. The minimum Gasteiger partial charge on any atom is -0.493 e. The molecule has 26 heavy (non-hydrogen) atoms. The molecule has 6 heteroatoms. The number of methoxy groups -OCH3 is 2. The molecule has 0 aliphatic rings. The van der Waals surface area contributed by atoms with Crippen LogP contribution in [0, 0.1) is 5.92 Å². The van der Waals surface area contributed by atoms with Gasteiger partial charge in [0.1, 0.15) is 12.1 Å². The SMILES string of the molecule is COc1cc2ncnc(Oc3ccc(CC(C)C)c(Cl)c3)c2cc1OC. The molecule has 1 heterocycles. The Bertz CT molecular complexity index is 928. The highest BCUT2D eigenvalue weighted by Crippen LogP contribution is 2.36. The highest BCUT2D eigenvalue weighted by Gasteiger charge is 2.13. The first-order chi connectivity index (χ1) is 12.5. The number of hydrogen-bond acceptors (Lipinski definition) is 5. The van der Waals surface area contributed by atoms with Gasteiger partial charge in [-0.25, -0.2) is 9.97 Å². The Morgan fingerprint density at radius 1 is 1.00 bits per heavy atom. The maximum absolute atomic E-state index is 6.40. The third-order valence-corrected chi connectivity index (χ3v) is 4.32. The standard InChI is InChI=1S/C20H21ClN2O3/c1-12(2)7-13-5-6-14(8-16(13)21)26-20-15-9-18(24-3)19(25-4)10-17(15)22-11-23-20/h5-6,8-12H,7H2,1-4H3. The van der Waals surface area contributed by atoms with Crippen LogP contribution in [0.2, 0.25) is 5.02 Å². The molecule has 1 aromatic heterocycles. The smallest absolute Gasteiger partial charge is 0.230 e. The van der Waals surface area contributed by atoms with Crippen molar-refractivity contribution in [2.45, 2.75) is 20.3 Å². The van der Waals surface area contributed by atoms with Crippen LogP contribution in [-0.4, -0.2) is 24.2 Å². The predicted octanol–water partition coefficient (Wildman–Crippen LogP) is 5.29. The first-order valence-corrected chi connectivity index (χ1v) is 8.72. The van der Waals surface area contributed by atoms with Crippen LogP contribution in [0.3, 0.4) is 0 Å². The van der Waals surface area contributed by atoms with Crippen molar-refractivity contribution in [3.8, 4) is 23.1 Å². The Kier molecular flexibility index (Phi) is 5.47. The molecule has 3 aromatic rings. The van der Waals surface area contributed by atoms with Crippen LogP contribution in [0.15, 0.2) is 36.7 Å². The lowest BCUT2D eigenvalue weighted by Gasteiger charge is -2.12. The van der Waals surface area contributed by atoms with Gasteiger partial charge in [0, 0.05) is 11.1 Å². The van der Waals surface area contributed by atoms with Crippen molar-refractivity contribution in [3.63, 3.8) is 0 Å². The number of benzene rings is 2. The van der Waals surface area contributed by atoms with Crippen molar-refractivity contribution in [1.29, 1.82) is 0 Å². The van der Waals surface area contributed by atoms with Gasteiger partial charge in [0.25, 0.3) is 0 Å². The van der Waals surface area contributed by atoms with Crippen LogP contribution in [-0.2, 0) is 6.42 Å². The molecule has 0 saturated carbocycles. The van der Waals surface area contributed by atoms with Crippen LogP contribution in [0.4, 0.5) is 0 Å². The third-order valence-electron chi connectivity index (χ3n) is 3.97. The summed E-state index contributed by atoms with van der Waals surface area (Å²) in [6, 6.07) is 9.30. The molecule has 0 aliphatic heterocycles. The first kappa shape index (κ1) is 18.3. The lowest BCUT2D eigenvalue weighted by molar-refractivity contribution is 0.355. The molecule has 0 spiro atoms. The van der Waals surface area contributed by atoms with E-state index in [1.54, 1.807) is 26.4 Å². The number of halogens is 1. The van der Waals surface area contributed by atoms with Crippen molar-refractivity contribution in [2.75, 3.05) is 14.2 Å². The summed E-state index contributed by atoms with van der Waals surface area (Å²) in [5.74, 6) is 2.78. The number of fused-ring (bicyclic) bond motifs is 1. The van der Waals surface area contributed by atoms with Crippen molar-refractivity contribution >= 4 is 22.5 Å². The van der Waals surface area contributed by atoms with Gasteiger partial charge < -0.3 is 14.2 Å². The van der Waals surface area contributed by atoms with Crippen LogP contribution in [0.25, 0.3) is 10.9 Å². The quantitative estimate of drug-likeness (QED) is 0.588. The minimum atomic E-state index is 0.434. The van der Waals surface area contributed by atoms with Gasteiger partial charge in [0.2, 0.25) is 5.88 Å². The van der Waals surface area contributed by atoms with E-state index in [2.05, 4.69) is 23.8 Å². The normalized spacial score (nSPS) is 11.0. The lowest BCUT2D eigenvalue weighted by atomic mass is 10.0. The molecule has 0 amide bonds. The Hall–Kier alpha value is -2.53. The average molecular weight is 373 g/mol. The van der Waals surface area contributed by atoms with E-state index in [1.807, 2.05) is 18.2 Å². The maximum Gasteiger partial charge on any atom is 0.230 e. The summed E-state index contributed by atoms with van der Waals surface area (Å²) in [5, 5.41) is 1.42. The van der Waals surface area contributed by atoms with E-state index in [-0.39, 0.29) is 0 Å². The fraction of sp³-hybridized carbons (Fsp3) is 0.300. The van der Waals surface area contributed by atoms with Crippen LogP contribution < -0.4 is 14.2 Å². The molecule has 0 bridgehead atoms. The number of hydrogen-bond donors (Lipinski definition) is 0. The molecular formula is C20H21ClN2O3. The zero-order valence-corrected chi connectivity index (χ0v) is 16.0. The van der Waals surface area contributed by atoms with Gasteiger partial charge in [-0.2, -0.15) is 0 Å². The highest BCUT2D eigenvalue weighted by molar-refractivity contribution is 6.31. The van der Waals surface area contributed by atoms with E-state index in [0.717, 1.165) is 17.4 Å². The summed E-state index contributed by atoms with van der Waals surface area (Å²) in [6.07, 6.45) is 2.38. The van der Waals surface area contributed by atoms with E-state index in [4.69, 9.17) is 25.8 Å². The fourth-order valence-corrected chi connectivity index (χ4v) is 3.00. The molecule has 3 rings (SSSR count). The second-order valence-corrected chi connectivity index (χ2v) is 6.76. The van der Waals surface area contributed by atoms with Crippen LogP contribution in [0.1, 0.15) is 19.4 Å². The maximum atomic E-state index is 6.40. The third kappa shape index (κ3) is 3.83. The molecule has 0 fully saturated rings. The topological polar surface area (TPSA) is 53.5 Å². The number of ether oxygens (including phenoxy) is 3. The average Bonchev–Trinajstić information content (AvgIpc) is 2.62. The van der Waals surface area contributed by atoms with Gasteiger partial charge in [-0.1, -0.05) is 31.5 Å². The van der Waals surface area contributed by atoms with Gasteiger partial charge in [0.15, 0.2) is 11.5 Å². The Morgan fingerprint density at radius 3 is 2.38 bits per heavy atom. The Morgan fingerprint density at radius 2 is 1.73 bits per heavy atom. The van der Waals surface area contributed by atoms with Gasteiger partial charge >= 0.3 is 0 Å². The summed E-state index contributed by atoms with van der Waals surface area (Å²) >= 11 is 6.40. The molecule has 0 saturated heterocycles. The molecule has 0 radical (unpaired) electrons. The van der Waals surface area contributed by atoms with Crippen molar-refractivity contribution in [2.24, 2.45) is 5.92 Å². The monoisotopic (exact) mass is 372 g/mol. The number of nitrogens with zero attached hydrogens (tertiary/aromatic N) is 2. The van der Waals surface area contributed by atoms with Gasteiger partial charge in [-0.3, -0.25) is 0 Å².